The fraction of sp³-hybridized carbons (Fsp3) is 0.857. The van der Waals surface area contributed by atoms with Gasteiger partial charge in [-0.25, -0.2) is 0 Å². The maximum absolute atomic E-state index is 10.8. The highest BCUT2D eigenvalue weighted by atomic mass is 16.1. The summed E-state index contributed by atoms with van der Waals surface area (Å²) in [5.41, 5.74) is 5.62. The Labute approximate surface area is 61.0 Å². The maximum Gasteiger partial charge on any atom is 0.146 e. The van der Waals surface area contributed by atoms with Crippen molar-refractivity contribution < 1.29 is 4.79 Å². The van der Waals surface area contributed by atoms with Gasteiger partial charge in [0.2, 0.25) is 0 Å². The van der Waals surface area contributed by atoms with Gasteiger partial charge in [0.05, 0.1) is 6.04 Å². The Kier molecular flexibility index (Phi) is 2.40. The molecule has 0 spiro atoms. The number of Topliss-reactive ketones (excluding diaryl/α,β-unsaturated/α-hetero) is 1. The van der Waals surface area contributed by atoms with Crippen LogP contribution in [0.5, 0.6) is 0 Å². The Morgan fingerprint density at radius 3 is 2.70 bits per heavy atom. The summed E-state index contributed by atoms with van der Waals surface area (Å²) in [6, 6.07) is 0.315. The molecule has 1 rings (SSSR count). The van der Waals surface area contributed by atoms with Crippen LogP contribution in [-0.2, 0) is 4.79 Å². The van der Waals surface area contributed by atoms with Crippen molar-refractivity contribution in [2.45, 2.75) is 31.8 Å². The quantitative estimate of drug-likeness (QED) is 0.526. The van der Waals surface area contributed by atoms with E-state index >= 15 is 0 Å². The Hall–Kier alpha value is -0.410. The summed E-state index contributed by atoms with van der Waals surface area (Å²) in [5, 5.41) is 3.09. The molecule has 0 unspecified atom stereocenters. The standard InChI is InChI=1S/C7H14N2O/c1-5(10)7-3-2-6(8)4-9-7/h6-7,9H,2-4,8H2,1H3/t6-,7+/m0/s1. The second-order valence-electron chi connectivity index (χ2n) is 2.91. The molecule has 2 atom stereocenters. The average molecular weight is 142 g/mol. The molecule has 0 aromatic rings. The van der Waals surface area contributed by atoms with Crippen LogP contribution in [0.25, 0.3) is 0 Å². The first kappa shape index (κ1) is 7.69. The van der Waals surface area contributed by atoms with Crippen LogP contribution < -0.4 is 11.1 Å². The molecule has 0 radical (unpaired) electrons. The number of hydrogen-bond donors (Lipinski definition) is 2. The van der Waals surface area contributed by atoms with Crippen molar-refractivity contribution in [2.24, 2.45) is 5.73 Å². The summed E-state index contributed by atoms with van der Waals surface area (Å²) in [6.07, 6.45) is 1.87. The van der Waals surface area contributed by atoms with E-state index in [2.05, 4.69) is 5.32 Å². The van der Waals surface area contributed by atoms with Gasteiger partial charge in [-0.05, 0) is 19.8 Å². The van der Waals surface area contributed by atoms with Gasteiger partial charge in [-0.15, -0.1) is 0 Å². The van der Waals surface area contributed by atoms with Crippen molar-refractivity contribution in [2.75, 3.05) is 6.54 Å². The molecule has 3 heteroatoms. The lowest BCUT2D eigenvalue weighted by Gasteiger charge is -2.25. The van der Waals surface area contributed by atoms with Crippen LogP contribution in [0.15, 0.2) is 0 Å². The van der Waals surface area contributed by atoms with Crippen LogP contribution in [0.3, 0.4) is 0 Å². The molecular formula is C7H14N2O. The number of carbonyl (C=O) groups is 1. The van der Waals surface area contributed by atoms with Gasteiger partial charge in [-0.2, -0.15) is 0 Å². The van der Waals surface area contributed by atoms with Crippen molar-refractivity contribution in [1.29, 1.82) is 0 Å². The number of piperidine rings is 1. The highest BCUT2D eigenvalue weighted by Crippen LogP contribution is 2.06. The largest absolute Gasteiger partial charge is 0.327 e. The topological polar surface area (TPSA) is 55.1 Å². The average Bonchev–Trinajstić information content (AvgIpc) is 1.88. The summed E-state index contributed by atoms with van der Waals surface area (Å²) in [6.45, 7) is 2.40. The molecule has 1 heterocycles. The molecule has 0 aliphatic carbocycles. The second kappa shape index (κ2) is 3.12. The molecule has 58 valence electrons. The third-order valence-electron chi connectivity index (χ3n) is 1.94. The van der Waals surface area contributed by atoms with Crippen LogP contribution >= 0.6 is 0 Å². The Morgan fingerprint density at radius 2 is 2.30 bits per heavy atom. The van der Waals surface area contributed by atoms with E-state index in [1.165, 1.54) is 0 Å². The summed E-state index contributed by atoms with van der Waals surface area (Å²) in [5.74, 6) is 0.229. The van der Waals surface area contributed by atoms with Gasteiger partial charge in [-0.1, -0.05) is 0 Å². The zero-order valence-corrected chi connectivity index (χ0v) is 6.26. The molecule has 0 bridgehead atoms. The van der Waals surface area contributed by atoms with Crippen LogP contribution in [0, 0.1) is 0 Å². The van der Waals surface area contributed by atoms with Crippen molar-refractivity contribution in [3.63, 3.8) is 0 Å². The minimum absolute atomic E-state index is 0.0693. The van der Waals surface area contributed by atoms with E-state index in [-0.39, 0.29) is 17.9 Å². The predicted octanol–water partition coefficient (Wildman–Crippen LogP) is -0.345. The lowest BCUT2D eigenvalue weighted by atomic mass is 9.99. The zero-order chi connectivity index (χ0) is 7.56. The fourth-order valence-corrected chi connectivity index (χ4v) is 1.23. The first-order valence-corrected chi connectivity index (χ1v) is 3.69. The number of hydrogen-bond acceptors (Lipinski definition) is 3. The number of ketones is 1. The first-order chi connectivity index (χ1) is 4.70. The van der Waals surface area contributed by atoms with Crippen molar-refractivity contribution >= 4 is 5.78 Å². The van der Waals surface area contributed by atoms with Gasteiger partial charge in [-0.3, -0.25) is 4.79 Å². The van der Waals surface area contributed by atoms with E-state index in [0.717, 1.165) is 19.4 Å². The summed E-state index contributed by atoms with van der Waals surface area (Å²) in [7, 11) is 0. The maximum atomic E-state index is 10.8. The van der Waals surface area contributed by atoms with Crippen molar-refractivity contribution in [3.8, 4) is 0 Å². The third kappa shape index (κ3) is 1.78. The smallest absolute Gasteiger partial charge is 0.146 e. The number of carbonyl (C=O) groups excluding carboxylic acids is 1. The van der Waals surface area contributed by atoms with E-state index in [4.69, 9.17) is 5.73 Å². The van der Waals surface area contributed by atoms with Crippen molar-refractivity contribution in [1.82, 2.24) is 5.32 Å². The van der Waals surface area contributed by atoms with Crippen LogP contribution in [0.1, 0.15) is 19.8 Å². The molecule has 1 aliphatic rings. The molecule has 0 saturated carbocycles. The molecule has 0 amide bonds. The van der Waals surface area contributed by atoms with Crippen molar-refractivity contribution in [3.05, 3.63) is 0 Å². The zero-order valence-electron chi connectivity index (χ0n) is 6.26. The van der Waals surface area contributed by atoms with E-state index in [1.54, 1.807) is 6.92 Å². The summed E-state index contributed by atoms with van der Waals surface area (Å²) >= 11 is 0. The van der Waals surface area contributed by atoms with Crippen LogP contribution in [0.4, 0.5) is 0 Å². The van der Waals surface area contributed by atoms with Gasteiger partial charge in [0, 0.05) is 12.6 Å². The fourth-order valence-electron chi connectivity index (χ4n) is 1.23. The molecular weight excluding hydrogens is 128 g/mol. The third-order valence-corrected chi connectivity index (χ3v) is 1.94. The highest BCUT2D eigenvalue weighted by Gasteiger charge is 2.20. The molecule has 3 N–H and O–H groups in total. The lowest BCUT2D eigenvalue weighted by molar-refractivity contribution is -0.119. The summed E-state index contributed by atoms with van der Waals surface area (Å²) in [4.78, 5) is 10.8. The Bertz CT molecular complexity index is 128. The van der Waals surface area contributed by atoms with E-state index in [9.17, 15) is 4.79 Å². The number of rotatable bonds is 1. The molecule has 0 aromatic heterocycles. The Balaban J connectivity index is 2.33. The van der Waals surface area contributed by atoms with Crippen LogP contribution in [-0.4, -0.2) is 24.4 Å². The molecule has 0 aromatic carbocycles. The summed E-state index contributed by atoms with van der Waals surface area (Å²) < 4.78 is 0. The van der Waals surface area contributed by atoms with E-state index < -0.39 is 0 Å². The van der Waals surface area contributed by atoms with Gasteiger partial charge in [0.1, 0.15) is 5.78 Å². The van der Waals surface area contributed by atoms with Gasteiger partial charge in [0.15, 0.2) is 0 Å². The van der Waals surface area contributed by atoms with E-state index in [1.807, 2.05) is 0 Å². The molecule has 1 saturated heterocycles. The van der Waals surface area contributed by atoms with E-state index in [0.29, 0.717) is 0 Å². The number of nitrogens with two attached hydrogens (primary N) is 1. The molecule has 1 aliphatic heterocycles. The number of nitrogens with one attached hydrogen (secondary N) is 1. The monoisotopic (exact) mass is 142 g/mol. The van der Waals surface area contributed by atoms with Gasteiger partial charge in [0.25, 0.3) is 0 Å². The first-order valence-electron chi connectivity index (χ1n) is 3.69. The minimum atomic E-state index is 0.0693. The lowest BCUT2D eigenvalue weighted by Crippen LogP contribution is -2.48. The van der Waals surface area contributed by atoms with Gasteiger partial charge < -0.3 is 11.1 Å². The normalized spacial score (nSPS) is 33.8. The second-order valence-corrected chi connectivity index (χ2v) is 2.91. The highest BCUT2D eigenvalue weighted by molar-refractivity contribution is 5.81. The molecule has 10 heavy (non-hydrogen) atoms. The molecule has 1 fully saturated rings. The van der Waals surface area contributed by atoms with Gasteiger partial charge >= 0.3 is 0 Å². The SMILES string of the molecule is CC(=O)[C@H]1CC[C@H](N)CN1. The molecule has 3 nitrogen and oxygen atoms in total. The Morgan fingerprint density at radius 1 is 1.60 bits per heavy atom. The minimum Gasteiger partial charge on any atom is -0.327 e. The van der Waals surface area contributed by atoms with Crippen LogP contribution in [0.2, 0.25) is 0 Å². The predicted molar refractivity (Wildman–Crippen MR) is 39.7 cm³/mol.